The normalized spacial score (nSPS) is 12.8. The molecule has 4 nitrogen and oxygen atoms in total. The van der Waals surface area contributed by atoms with Crippen LogP contribution in [0.2, 0.25) is 0 Å². The number of rotatable bonds is 4. The highest BCUT2D eigenvalue weighted by Gasteiger charge is 2.32. The smallest absolute Gasteiger partial charge is 0.0309 e. The van der Waals surface area contributed by atoms with E-state index in [-0.39, 0.29) is 12.8 Å². The van der Waals surface area contributed by atoms with Gasteiger partial charge in [-0.25, -0.2) is 0 Å². The lowest BCUT2D eigenvalue weighted by Crippen LogP contribution is -2.36. The summed E-state index contributed by atoms with van der Waals surface area (Å²) in [6.07, 6.45) is 3.56. The Morgan fingerprint density at radius 3 is 2.33 bits per heavy atom. The molecule has 0 aliphatic carbocycles. The van der Waals surface area contributed by atoms with Crippen molar-refractivity contribution in [1.29, 1.82) is 0 Å². The maximum Gasteiger partial charge on any atom is 0.0309 e. The summed E-state index contributed by atoms with van der Waals surface area (Å²) in [5.41, 5.74) is 0.489. The van der Waals surface area contributed by atoms with Crippen LogP contribution in [-0.2, 0) is 9.72 Å². The minimum absolute atomic E-state index is 0.277. The van der Waals surface area contributed by atoms with Gasteiger partial charge < -0.3 is 14.4 Å². The zero-order valence-electron chi connectivity index (χ0n) is 8.84. The second-order valence-corrected chi connectivity index (χ2v) is 5.33. The number of pyridine rings is 1. The topological polar surface area (TPSA) is 76.1 Å². The third-order valence-corrected chi connectivity index (χ3v) is 4.83. The van der Waals surface area contributed by atoms with Gasteiger partial charge in [-0.3, -0.25) is 4.98 Å². The Labute approximate surface area is 89.5 Å². The minimum atomic E-state index is -4.67. The van der Waals surface area contributed by atoms with E-state index in [0.29, 0.717) is 5.56 Å². The van der Waals surface area contributed by atoms with E-state index in [9.17, 15) is 14.4 Å². The van der Waals surface area contributed by atoms with Gasteiger partial charge in [-0.1, -0.05) is 27.5 Å². The van der Waals surface area contributed by atoms with Gasteiger partial charge in [-0.05, 0) is 24.5 Å². The largest absolute Gasteiger partial charge is 0.810 e. The highest BCUT2D eigenvalue weighted by atomic mass is 31.2. The summed E-state index contributed by atoms with van der Waals surface area (Å²) in [4.78, 5) is 26.6. The van der Waals surface area contributed by atoms with Gasteiger partial charge in [-0.2, -0.15) is 0 Å². The average molecular weight is 227 g/mol. The Bertz CT molecular complexity index is 356. The predicted molar refractivity (Wildman–Crippen MR) is 54.1 cm³/mol. The van der Waals surface area contributed by atoms with Crippen molar-refractivity contribution in [2.75, 3.05) is 0 Å². The third kappa shape index (κ3) is 2.12. The van der Waals surface area contributed by atoms with Crippen LogP contribution in [0.1, 0.15) is 32.3 Å². The fourth-order valence-corrected chi connectivity index (χ4v) is 3.06. The molecule has 0 N–H and O–H groups in total. The summed E-state index contributed by atoms with van der Waals surface area (Å²) >= 11 is 0. The van der Waals surface area contributed by atoms with Crippen molar-refractivity contribution in [3.05, 3.63) is 30.1 Å². The Hall–Kier alpha value is -0.700. The van der Waals surface area contributed by atoms with Gasteiger partial charge in [0, 0.05) is 17.5 Å². The van der Waals surface area contributed by atoms with Crippen LogP contribution < -0.4 is 9.79 Å². The summed E-state index contributed by atoms with van der Waals surface area (Å²) < 4.78 is 11.4. The molecule has 0 aliphatic rings. The van der Waals surface area contributed by atoms with E-state index >= 15 is 0 Å². The first-order valence-corrected chi connectivity index (χ1v) is 6.45. The molecular weight excluding hydrogens is 213 g/mol. The van der Waals surface area contributed by atoms with Crippen molar-refractivity contribution in [3.8, 4) is 0 Å². The molecule has 1 aromatic rings. The zero-order chi connectivity index (χ0) is 11.5. The maximum absolute atomic E-state index is 11.4. The molecule has 1 aromatic heterocycles. The van der Waals surface area contributed by atoms with Crippen LogP contribution >= 0.6 is 7.60 Å². The van der Waals surface area contributed by atoms with E-state index in [0.717, 1.165) is 0 Å². The van der Waals surface area contributed by atoms with Crippen LogP contribution in [0, 0.1) is 0 Å². The van der Waals surface area contributed by atoms with E-state index in [1.54, 1.807) is 32.2 Å². The number of nitrogens with zero attached hydrogens (tertiary/aromatic N) is 1. The van der Waals surface area contributed by atoms with Crippen molar-refractivity contribution >= 4 is 7.60 Å². The molecule has 0 bridgehead atoms. The Morgan fingerprint density at radius 2 is 2.00 bits per heavy atom. The molecule has 84 valence electrons. The Morgan fingerprint density at radius 1 is 1.40 bits per heavy atom. The number of hydrogen-bond acceptors (Lipinski definition) is 4. The Balaban J connectivity index is 3.31. The average Bonchev–Trinajstić information content (AvgIpc) is 2.20. The third-order valence-electron chi connectivity index (χ3n) is 2.89. The minimum Gasteiger partial charge on any atom is -0.810 e. The van der Waals surface area contributed by atoms with E-state index < -0.39 is 12.8 Å². The summed E-state index contributed by atoms with van der Waals surface area (Å²) in [6, 6.07) is 3.29. The second-order valence-electron chi connectivity index (χ2n) is 3.48. The second kappa shape index (κ2) is 4.44. The quantitative estimate of drug-likeness (QED) is 0.719. The van der Waals surface area contributed by atoms with Gasteiger partial charge in [0.05, 0.1) is 0 Å². The molecule has 1 heterocycles. The first-order valence-electron chi connectivity index (χ1n) is 4.90. The van der Waals surface area contributed by atoms with Gasteiger partial charge >= 0.3 is 0 Å². The highest BCUT2D eigenvalue weighted by Crippen LogP contribution is 2.54. The molecule has 1 rings (SSSR count). The molecule has 0 radical (unpaired) electrons. The molecule has 0 atom stereocenters. The van der Waals surface area contributed by atoms with Gasteiger partial charge in [-0.15, -0.1) is 0 Å². The van der Waals surface area contributed by atoms with Gasteiger partial charge in [0.1, 0.15) is 0 Å². The molecule has 0 spiro atoms. The van der Waals surface area contributed by atoms with Gasteiger partial charge in [0.15, 0.2) is 0 Å². The lowest BCUT2D eigenvalue weighted by atomic mass is 9.94. The number of aromatic nitrogens is 1. The predicted octanol–water partition coefficient (Wildman–Crippen LogP) is 1.01. The van der Waals surface area contributed by atoms with Gasteiger partial charge in [0.25, 0.3) is 0 Å². The molecule has 5 heteroatoms. The lowest BCUT2D eigenvalue weighted by molar-refractivity contribution is -0.322. The van der Waals surface area contributed by atoms with Crippen LogP contribution in [0.25, 0.3) is 0 Å². The van der Waals surface area contributed by atoms with Crippen molar-refractivity contribution in [2.45, 2.75) is 31.8 Å². The Kier molecular flexibility index (Phi) is 3.66. The van der Waals surface area contributed by atoms with E-state index in [2.05, 4.69) is 4.98 Å². The fourth-order valence-electron chi connectivity index (χ4n) is 1.84. The van der Waals surface area contributed by atoms with Crippen molar-refractivity contribution in [2.24, 2.45) is 0 Å². The highest BCUT2D eigenvalue weighted by molar-refractivity contribution is 7.50. The van der Waals surface area contributed by atoms with E-state index in [4.69, 9.17) is 0 Å². The summed E-state index contributed by atoms with van der Waals surface area (Å²) in [5.74, 6) is 0. The molecule has 15 heavy (non-hydrogen) atoms. The standard InChI is InChI=1S/C10H16NO3P/c1-3-10(4-2,15(12,13)14)9-6-5-7-11-8-9/h5-8H,3-4H2,1-2H3,(H2,12,13,14)/p-2. The van der Waals surface area contributed by atoms with Crippen LogP contribution in [0.3, 0.4) is 0 Å². The van der Waals surface area contributed by atoms with Gasteiger partial charge in [0.2, 0.25) is 0 Å². The summed E-state index contributed by atoms with van der Waals surface area (Å²) in [7, 11) is -4.67. The van der Waals surface area contributed by atoms with Crippen molar-refractivity contribution < 1.29 is 14.4 Å². The monoisotopic (exact) mass is 227 g/mol. The molecule has 0 unspecified atom stereocenters. The summed E-state index contributed by atoms with van der Waals surface area (Å²) in [5, 5.41) is -1.30. The molecule has 0 fully saturated rings. The molecular formula is C10H14NO3P-2. The number of hydrogen-bond donors (Lipinski definition) is 0. The first-order chi connectivity index (χ1) is 6.98. The molecule has 0 saturated carbocycles. The molecule has 0 aromatic carbocycles. The van der Waals surface area contributed by atoms with Crippen molar-refractivity contribution in [1.82, 2.24) is 4.98 Å². The molecule has 0 aliphatic heterocycles. The van der Waals surface area contributed by atoms with E-state index in [1.807, 2.05) is 0 Å². The zero-order valence-corrected chi connectivity index (χ0v) is 9.74. The summed E-state index contributed by atoms with van der Waals surface area (Å²) in [6.45, 7) is 3.41. The van der Waals surface area contributed by atoms with Crippen LogP contribution in [0.15, 0.2) is 24.5 Å². The van der Waals surface area contributed by atoms with E-state index in [1.165, 1.54) is 6.20 Å². The lowest BCUT2D eigenvalue weighted by Gasteiger charge is -2.49. The first kappa shape index (κ1) is 12.4. The van der Waals surface area contributed by atoms with Crippen molar-refractivity contribution in [3.63, 3.8) is 0 Å². The van der Waals surface area contributed by atoms with Crippen LogP contribution in [-0.4, -0.2) is 4.98 Å². The van der Waals surface area contributed by atoms with Crippen LogP contribution in [0.5, 0.6) is 0 Å². The fraction of sp³-hybridized carbons (Fsp3) is 0.500. The SMILES string of the molecule is CCC(CC)(c1cccnc1)P(=O)([O-])[O-]. The maximum atomic E-state index is 11.4. The van der Waals surface area contributed by atoms with Crippen LogP contribution in [0.4, 0.5) is 0 Å². The molecule has 0 amide bonds. The molecule has 0 saturated heterocycles.